The van der Waals surface area contributed by atoms with Crippen LogP contribution in [0.5, 0.6) is 11.5 Å². The summed E-state index contributed by atoms with van der Waals surface area (Å²) in [7, 11) is 0. The van der Waals surface area contributed by atoms with Crippen LogP contribution < -0.4 is 14.8 Å². The summed E-state index contributed by atoms with van der Waals surface area (Å²) in [5, 5.41) is 2.82. The van der Waals surface area contributed by atoms with E-state index in [1.807, 2.05) is 42.5 Å². The van der Waals surface area contributed by atoms with Crippen LogP contribution in [0.4, 0.5) is 0 Å². The van der Waals surface area contributed by atoms with Gasteiger partial charge < -0.3 is 14.8 Å². The highest BCUT2D eigenvalue weighted by molar-refractivity contribution is 5.75. The molecule has 0 aliphatic carbocycles. The van der Waals surface area contributed by atoms with Crippen LogP contribution in [0, 0.1) is 0 Å². The number of hydrogen-bond acceptors (Lipinski definition) is 3. The van der Waals surface area contributed by atoms with E-state index in [0.717, 1.165) is 17.9 Å². The molecule has 4 heteroatoms. The summed E-state index contributed by atoms with van der Waals surface area (Å²) in [6.07, 6.45) is 1.35. The predicted molar refractivity (Wildman–Crippen MR) is 90.9 cm³/mol. The number of carbonyl (C=O) groups excluding carboxylic acids is 1. The summed E-state index contributed by atoms with van der Waals surface area (Å²) in [4.78, 5) is 11.7. The fourth-order valence-electron chi connectivity index (χ4n) is 2.05. The van der Waals surface area contributed by atoms with Crippen LogP contribution in [0.15, 0.2) is 54.6 Å². The van der Waals surface area contributed by atoms with Gasteiger partial charge >= 0.3 is 0 Å². The Kier molecular flexibility index (Phi) is 6.98. The second-order valence-corrected chi connectivity index (χ2v) is 5.11. The van der Waals surface area contributed by atoms with Crippen molar-refractivity contribution in [3.05, 3.63) is 60.2 Å². The predicted octanol–water partition coefficient (Wildman–Crippen LogP) is 3.21. The molecule has 0 spiro atoms. The van der Waals surface area contributed by atoms with Gasteiger partial charge in [0.05, 0.1) is 19.6 Å². The Morgan fingerprint density at radius 3 is 2.26 bits per heavy atom. The van der Waals surface area contributed by atoms with Crippen LogP contribution in [0.2, 0.25) is 0 Å². The number of ether oxygens (including phenoxy) is 2. The molecule has 2 aromatic rings. The molecule has 0 aliphatic rings. The number of carbonyl (C=O) groups is 1. The third-order valence-electron chi connectivity index (χ3n) is 3.37. The van der Waals surface area contributed by atoms with E-state index in [0.29, 0.717) is 26.2 Å². The minimum atomic E-state index is -0.0362. The van der Waals surface area contributed by atoms with E-state index in [9.17, 15) is 4.79 Å². The molecule has 4 nitrogen and oxygen atoms in total. The molecule has 0 aromatic heterocycles. The molecule has 1 amide bonds. The monoisotopic (exact) mass is 313 g/mol. The largest absolute Gasteiger partial charge is 0.493 e. The summed E-state index contributed by atoms with van der Waals surface area (Å²) in [5.74, 6) is 1.56. The minimum Gasteiger partial charge on any atom is -0.493 e. The van der Waals surface area contributed by atoms with Crippen molar-refractivity contribution in [2.75, 3.05) is 19.8 Å². The topological polar surface area (TPSA) is 47.6 Å². The quantitative estimate of drug-likeness (QED) is 0.723. The summed E-state index contributed by atoms with van der Waals surface area (Å²) in [5.41, 5.74) is 1.28. The van der Waals surface area contributed by atoms with E-state index in [2.05, 4.69) is 24.4 Å². The molecule has 0 heterocycles. The van der Waals surface area contributed by atoms with Gasteiger partial charge in [0.2, 0.25) is 5.91 Å². The standard InChI is InChI=1S/C19H23NO3/c1-2-16-8-10-18(11-9-16)23-15-13-20-19(21)12-14-22-17-6-4-3-5-7-17/h3-11H,2,12-15H2,1H3,(H,20,21). The van der Waals surface area contributed by atoms with E-state index in [1.54, 1.807) is 0 Å². The second-order valence-electron chi connectivity index (χ2n) is 5.11. The van der Waals surface area contributed by atoms with Gasteiger partial charge in [0.25, 0.3) is 0 Å². The fourth-order valence-corrected chi connectivity index (χ4v) is 2.05. The van der Waals surface area contributed by atoms with E-state index in [-0.39, 0.29) is 5.91 Å². The Hall–Kier alpha value is -2.49. The first-order valence-electron chi connectivity index (χ1n) is 7.94. The number of para-hydroxylation sites is 1. The first-order chi connectivity index (χ1) is 11.3. The molecule has 0 fully saturated rings. The average molecular weight is 313 g/mol. The normalized spacial score (nSPS) is 10.1. The minimum absolute atomic E-state index is 0.0362. The number of hydrogen-bond donors (Lipinski definition) is 1. The summed E-state index contributed by atoms with van der Waals surface area (Å²) in [6, 6.07) is 17.5. The van der Waals surface area contributed by atoms with E-state index < -0.39 is 0 Å². The highest BCUT2D eigenvalue weighted by Gasteiger charge is 2.02. The van der Waals surface area contributed by atoms with Crippen molar-refractivity contribution in [2.45, 2.75) is 19.8 Å². The fraction of sp³-hybridized carbons (Fsp3) is 0.316. The van der Waals surface area contributed by atoms with Gasteiger partial charge in [-0.05, 0) is 36.2 Å². The third kappa shape index (κ3) is 6.43. The highest BCUT2D eigenvalue weighted by atomic mass is 16.5. The molecular formula is C19H23NO3. The average Bonchev–Trinajstić information content (AvgIpc) is 2.60. The van der Waals surface area contributed by atoms with Crippen molar-refractivity contribution < 1.29 is 14.3 Å². The van der Waals surface area contributed by atoms with Crippen molar-refractivity contribution in [2.24, 2.45) is 0 Å². The molecule has 2 rings (SSSR count). The van der Waals surface area contributed by atoms with Gasteiger partial charge in [-0.2, -0.15) is 0 Å². The zero-order chi connectivity index (χ0) is 16.3. The lowest BCUT2D eigenvalue weighted by Gasteiger charge is -2.09. The molecule has 2 aromatic carbocycles. The third-order valence-corrected chi connectivity index (χ3v) is 3.37. The molecule has 23 heavy (non-hydrogen) atoms. The smallest absolute Gasteiger partial charge is 0.223 e. The van der Waals surface area contributed by atoms with E-state index >= 15 is 0 Å². The summed E-state index contributed by atoms with van der Waals surface area (Å²) < 4.78 is 11.1. The van der Waals surface area contributed by atoms with E-state index in [4.69, 9.17) is 9.47 Å². The number of rotatable bonds is 9. The molecule has 0 atom stereocenters. The van der Waals surface area contributed by atoms with Crippen LogP contribution in [0.3, 0.4) is 0 Å². The van der Waals surface area contributed by atoms with Crippen molar-refractivity contribution in [3.8, 4) is 11.5 Å². The Morgan fingerprint density at radius 1 is 0.913 bits per heavy atom. The molecule has 0 bridgehead atoms. The SMILES string of the molecule is CCc1ccc(OCCNC(=O)CCOc2ccccc2)cc1. The summed E-state index contributed by atoms with van der Waals surface area (Å²) >= 11 is 0. The van der Waals surface area contributed by atoms with Crippen LogP contribution in [0.25, 0.3) is 0 Å². The van der Waals surface area contributed by atoms with Crippen LogP contribution >= 0.6 is 0 Å². The molecule has 0 unspecified atom stereocenters. The lowest BCUT2D eigenvalue weighted by molar-refractivity contribution is -0.121. The zero-order valence-electron chi connectivity index (χ0n) is 13.5. The lowest BCUT2D eigenvalue weighted by Crippen LogP contribution is -2.29. The molecule has 0 radical (unpaired) electrons. The van der Waals surface area contributed by atoms with Crippen LogP contribution in [0.1, 0.15) is 18.9 Å². The van der Waals surface area contributed by atoms with Gasteiger partial charge in [-0.15, -0.1) is 0 Å². The van der Waals surface area contributed by atoms with Gasteiger partial charge in [0, 0.05) is 0 Å². The Labute approximate surface area is 137 Å². The number of benzene rings is 2. The second kappa shape index (κ2) is 9.51. The molecule has 122 valence electrons. The number of nitrogens with one attached hydrogen (secondary N) is 1. The van der Waals surface area contributed by atoms with Crippen LogP contribution in [-0.4, -0.2) is 25.7 Å². The van der Waals surface area contributed by atoms with Gasteiger partial charge in [-0.25, -0.2) is 0 Å². The zero-order valence-corrected chi connectivity index (χ0v) is 13.5. The Balaban J connectivity index is 1.55. The van der Waals surface area contributed by atoms with Crippen LogP contribution in [-0.2, 0) is 11.2 Å². The molecule has 1 N–H and O–H groups in total. The molecular weight excluding hydrogens is 290 g/mol. The first kappa shape index (κ1) is 16.9. The van der Waals surface area contributed by atoms with Gasteiger partial charge in [-0.3, -0.25) is 4.79 Å². The van der Waals surface area contributed by atoms with Crippen molar-refractivity contribution in [3.63, 3.8) is 0 Å². The highest BCUT2D eigenvalue weighted by Crippen LogP contribution is 2.12. The lowest BCUT2D eigenvalue weighted by atomic mass is 10.2. The Morgan fingerprint density at radius 2 is 1.57 bits per heavy atom. The maximum atomic E-state index is 11.7. The van der Waals surface area contributed by atoms with Crippen molar-refractivity contribution in [1.29, 1.82) is 0 Å². The summed E-state index contributed by atoms with van der Waals surface area (Å²) in [6.45, 7) is 3.43. The first-order valence-corrected chi connectivity index (χ1v) is 7.94. The molecule has 0 aliphatic heterocycles. The maximum absolute atomic E-state index is 11.7. The van der Waals surface area contributed by atoms with Crippen molar-refractivity contribution in [1.82, 2.24) is 5.32 Å². The Bertz CT molecular complexity index is 581. The molecule has 0 saturated heterocycles. The maximum Gasteiger partial charge on any atom is 0.223 e. The number of amides is 1. The van der Waals surface area contributed by atoms with E-state index in [1.165, 1.54) is 5.56 Å². The molecule has 0 saturated carbocycles. The van der Waals surface area contributed by atoms with Gasteiger partial charge in [-0.1, -0.05) is 37.3 Å². The van der Waals surface area contributed by atoms with Crippen molar-refractivity contribution >= 4 is 5.91 Å². The number of aryl methyl sites for hydroxylation is 1. The van der Waals surface area contributed by atoms with Gasteiger partial charge in [0.15, 0.2) is 0 Å². The van der Waals surface area contributed by atoms with Gasteiger partial charge in [0.1, 0.15) is 18.1 Å².